The van der Waals surface area contributed by atoms with Gasteiger partial charge in [0.1, 0.15) is 17.4 Å². The normalized spacial score (nSPS) is 13.1. The molecule has 48 heteroatoms. The highest BCUT2D eigenvalue weighted by atomic mass is 35.5. The van der Waals surface area contributed by atoms with Crippen molar-refractivity contribution in [2.24, 2.45) is 46.7 Å². The molecule has 758 valence electrons. The highest BCUT2D eigenvalue weighted by Gasteiger charge is 2.34. The SMILES string of the molecule is CC(=N)NCCC[C@H](N)C(=O)N[C@@H](CCCNC(=N)N)C(=O)NCCC(=O)Nc1cn(C)c(C(=O)Nc2cc(C(=O)NCCC(=O)Nc3cn(C)c(C(=O)Nc4cc(C(=O)NCCC(=O)Nc5cn(C)c(C(=O)NCCOCCOCCOCCOCCOCCOCCOCCOCCNC(=O)c6ccc(-c7ccc8c(c7)C(Nc7ccc(Cl)cc7)C[C@H](C)N8C(C)=O)cc6)n5)n(C)c4)n3)n(C)c2)n1. The summed E-state index contributed by atoms with van der Waals surface area (Å²) in [6.45, 7) is 11.9. The molecule has 20 N–H and O–H groups in total. The van der Waals surface area contributed by atoms with Crippen molar-refractivity contribution < 1.29 is 95.4 Å². The minimum absolute atomic E-state index is 0.00379. The molecule has 0 saturated carbocycles. The average molecular weight is 1970 g/mol. The van der Waals surface area contributed by atoms with E-state index in [1.54, 1.807) is 47.1 Å². The summed E-state index contributed by atoms with van der Waals surface area (Å²) in [7, 11) is 7.81. The summed E-state index contributed by atoms with van der Waals surface area (Å²) in [5.74, 6) is -5.87. The van der Waals surface area contributed by atoms with Crippen LogP contribution >= 0.6 is 11.6 Å². The van der Waals surface area contributed by atoms with Crippen LogP contribution in [0.15, 0.2) is 110 Å². The number of imidazole rings is 3. The van der Waals surface area contributed by atoms with Gasteiger partial charge in [0.15, 0.2) is 23.4 Å². The van der Waals surface area contributed by atoms with E-state index in [0.717, 1.165) is 34.5 Å². The number of aromatic nitrogens is 8. The number of anilines is 7. The predicted octanol–water partition coefficient (Wildman–Crippen LogP) is 3.38. The molecule has 1 unspecified atom stereocenters. The minimum atomic E-state index is -1.02. The van der Waals surface area contributed by atoms with Gasteiger partial charge in [-0.2, -0.15) is 0 Å². The molecule has 1 aliphatic rings. The Balaban J connectivity index is 0.536. The van der Waals surface area contributed by atoms with Crippen molar-refractivity contribution in [3.8, 4) is 11.1 Å². The molecule has 0 saturated heterocycles. The smallest absolute Gasteiger partial charge is 0.291 e. The van der Waals surface area contributed by atoms with Crippen molar-refractivity contribution in [3.05, 3.63) is 155 Å². The van der Waals surface area contributed by atoms with Crippen molar-refractivity contribution in [2.75, 3.05) is 188 Å². The lowest BCUT2D eigenvalue weighted by Crippen LogP contribution is -2.52. The van der Waals surface area contributed by atoms with Crippen molar-refractivity contribution in [3.63, 3.8) is 0 Å². The Kier molecular flexibility index (Phi) is 44.9. The standard InChI is InChI=1S/C92H128ClN27O20/c1-58-49-71(105-65-20-18-64(93)19-21-65)68-50-63(17-22-72(68)120(58)60(3)121)61-13-15-62(16-14-61)84(125)102-31-33-133-35-37-135-39-41-137-43-45-139-47-48-140-46-44-138-42-40-136-38-36-134-34-32-103-89(130)81-112-75(55-117(81)6)109-79(123)24-29-100-87(128)73-51-67(54-115(73)4)107-91(132)83-114-77(57-119(83)8)111-80(124)25-30-101-88(129)74-52-66(53-116(74)5)106-90(131)82-113-76(56-118(82)7)110-78(122)23-28-99-86(127)70(12-10-27-104-92(96)97)108-85(126)69(95)11-9-26-98-59(2)94/h13-22,50-58,69-71,105H,9-12,23-49,95H2,1-8H3,(H2,94,98)(H,99,127)(H,100,128)(H,101,129)(H,102,125)(H,103,130)(H,106,131)(H,107,132)(H,108,126)(H,109,123)(H,110,122)(H,111,124)(H4,96,97,104)/t58-,69-,70-,71?/m0/s1. The Morgan fingerprint density at radius 3 is 1.28 bits per heavy atom. The van der Waals surface area contributed by atoms with Gasteiger partial charge in [-0.3, -0.25) is 68.4 Å². The lowest BCUT2D eigenvalue weighted by atomic mass is 9.88. The molecule has 0 aliphatic carbocycles. The summed E-state index contributed by atoms with van der Waals surface area (Å²) in [5.41, 5.74) is 17.4. The Hall–Kier alpha value is -14.0. The quantitative estimate of drug-likeness (QED) is 0.0148. The van der Waals surface area contributed by atoms with E-state index in [0.29, 0.717) is 135 Å². The van der Waals surface area contributed by atoms with Gasteiger partial charge >= 0.3 is 0 Å². The lowest BCUT2D eigenvalue weighted by Gasteiger charge is -2.39. The van der Waals surface area contributed by atoms with Crippen LogP contribution in [0.3, 0.4) is 0 Å². The van der Waals surface area contributed by atoms with Crippen LogP contribution < -0.4 is 90.8 Å². The predicted molar refractivity (Wildman–Crippen MR) is 522 cm³/mol. The number of hydrogen-bond acceptors (Lipinski definition) is 27. The molecule has 3 aromatic carbocycles. The van der Waals surface area contributed by atoms with Gasteiger partial charge in [-0.25, -0.2) is 15.0 Å². The van der Waals surface area contributed by atoms with Crippen LogP contribution in [0.4, 0.5) is 40.2 Å². The van der Waals surface area contributed by atoms with E-state index in [1.807, 2.05) is 53.4 Å². The molecular weight excluding hydrogens is 1840 g/mol. The number of amidine groups is 1. The second-order valence-corrected chi connectivity index (χ2v) is 33.0. The van der Waals surface area contributed by atoms with Gasteiger partial charge in [-0.15, -0.1) is 0 Å². The number of carbonyl (C=O) groups is 12. The van der Waals surface area contributed by atoms with Gasteiger partial charge in [0.25, 0.3) is 35.4 Å². The molecule has 6 heterocycles. The zero-order chi connectivity index (χ0) is 101. The van der Waals surface area contributed by atoms with E-state index >= 15 is 0 Å². The molecule has 0 bridgehead atoms. The Morgan fingerprint density at radius 1 is 0.429 bits per heavy atom. The highest BCUT2D eigenvalue weighted by molar-refractivity contribution is 6.30. The molecule has 140 heavy (non-hydrogen) atoms. The Morgan fingerprint density at radius 2 is 0.836 bits per heavy atom. The maximum absolute atomic E-state index is 13.4. The van der Waals surface area contributed by atoms with Gasteiger partial charge < -0.3 is 152 Å². The zero-order valence-electron chi connectivity index (χ0n) is 79.8. The van der Waals surface area contributed by atoms with Crippen LogP contribution in [-0.2, 0) is 102 Å². The van der Waals surface area contributed by atoms with Crippen LogP contribution in [-0.4, -0.2) is 290 Å². The number of benzene rings is 3. The zero-order valence-corrected chi connectivity index (χ0v) is 80.6. The first-order valence-corrected chi connectivity index (χ1v) is 46.1. The van der Waals surface area contributed by atoms with Crippen LogP contribution in [0, 0.1) is 10.8 Å². The molecule has 9 rings (SSSR count). The van der Waals surface area contributed by atoms with Crippen molar-refractivity contribution in [2.45, 2.75) is 96.3 Å². The number of carbonyl (C=O) groups excluding carboxylic acids is 12. The van der Waals surface area contributed by atoms with Crippen molar-refractivity contribution >= 4 is 134 Å². The topological polar surface area (TPSA) is 613 Å². The number of rotatable bonds is 61. The number of aryl methyl sites for hydroxylation is 5. The molecule has 0 fully saturated rings. The second kappa shape index (κ2) is 57.4. The number of hydrogen-bond donors (Lipinski definition) is 18. The molecule has 12 amide bonds. The molecule has 0 radical (unpaired) electrons. The number of nitrogens with one attached hydrogen (secondary N) is 16. The molecule has 1 aliphatic heterocycles. The number of fused-ring (bicyclic) bond motifs is 1. The monoisotopic (exact) mass is 1970 g/mol. The van der Waals surface area contributed by atoms with E-state index in [1.165, 1.54) is 80.0 Å². The van der Waals surface area contributed by atoms with Crippen LogP contribution in [0.25, 0.3) is 11.1 Å². The number of nitrogens with two attached hydrogens (primary N) is 2. The summed E-state index contributed by atoms with van der Waals surface area (Å²) in [6, 6.07) is 22.0. The fourth-order valence-corrected chi connectivity index (χ4v) is 14.6. The fraction of sp³-hybridized carbons (Fsp3) is 0.467. The van der Waals surface area contributed by atoms with Gasteiger partial charge in [-0.1, -0.05) is 29.8 Å². The van der Waals surface area contributed by atoms with Crippen LogP contribution in [0.2, 0.25) is 5.02 Å². The van der Waals surface area contributed by atoms with Crippen molar-refractivity contribution in [1.82, 2.24) is 80.3 Å². The summed E-state index contributed by atoms with van der Waals surface area (Å²) in [4.78, 5) is 172. The maximum atomic E-state index is 13.4. The van der Waals surface area contributed by atoms with Gasteiger partial charge in [0.2, 0.25) is 52.9 Å². The van der Waals surface area contributed by atoms with E-state index in [2.05, 4.69) is 102 Å². The van der Waals surface area contributed by atoms with Crippen LogP contribution in [0.5, 0.6) is 0 Å². The summed E-state index contributed by atoms with van der Waals surface area (Å²) < 4.78 is 51.8. The molecule has 0 spiro atoms. The van der Waals surface area contributed by atoms with Gasteiger partial charge in [-0.05, 0) is 123 Å². The third-order valence-corrected chi connectivity index (χ3v) is 21.6. The van der Waals surface area contributed by atoms with E-state index < -0.39 is 71.2 Å². The highest BCUT2D eigenvalue weighted by Crippen LogP contribution is 2.42. The first-order chi connectivity index (χ1) is 67.3. The van der Waals surface area contributed by atoms with E-state index in [-0.39, 0.29) is 165 Å². The number of guanidine groups is 1. The molecule has 47 nitrogen and oxygen atoms in total. The summed E-state index contributed by atoms with van der Waals surface area (Å²) in [6.07, 6.45) is 8.74. The van der Waals surface area contributed by atoms with Crippen molar-refractivity contribution in [1.29, 1.82) is 10.8 Å². The molecule has 4 atom stereocenters. The van der Waals surface area contributed by atoms with Gasteiger partial charge in [0, 0.05) is 166 Å². The molecular formula is C92H128ClN27O20. The van der Waals surface area contributed by atoms with E-state index in [4.69, 9.17) is 71.8 Å². The largest absolute Gasteiger partial charge is 0.378 e. The summed E-state index contributed by atoms with van der Waals surface area (Å²) in [5, 5.41) is 54.1. The number of ether oxygens (including phenoxy) is 8. The first-order valence-electron chi connectivity index (χ1n) is 45.7. The lowest BCUT2D eigenvalue weighted by molar-refractivity contribution is -0.130. The average Bonchev–Trinajstić information content (AvgIpc) is 1.10. The second-order valence-electron chi connectivity index (χ2n) is 32.5. The number of nitrogens with zero attached hydrogens (tertiary/aromatic N) is 9. The molecule has 8 aromatic rings. The van der Waals surface area contributed by atoms with E-state index in [9.17, 15) is 57.5 Å². The third-order valence-electron chi connectivity index (χ3n) is 21.3. The minimum Gasteiger partial charge on any atom is -0.378 e. The first kappa shape index (κ1) is 110. The Labute approximate surface area is 814 Å². The Bertz CT molecular complexity index is 5500. The fourth-order valence-electron chi connectivity index (χ4n) is 14.4. The summed E-state index contributed by atoms with van der Waals surface area (Å²) >= 11 is 6.14. The third kappa shape index (κ3) is 36.7. The maximum Gasteiger partial charge on any atom is 0.291 e. The number of amides is 12. The van der Waals surface area contributed by atoms with Gasteiger partial charge in [0.05, 0.1) is 135 Å². The molecule has 5 aromatic heterocycles. The number of halogens is 1. The van der Waals surface area contributed by atoms with Crippen LogP contribution in [0.1, 0.15) is 147 Å².